The van der Waals surface area contributed by atoms with Crippen LogP contribution in [0.2, 0.25) is 0 Å². The average molecular weight is 614 g/mol. The summed E-state index contributed by atoms with van der Waals surface area (Å²) in [5.41, 5.74) is 6.18. The molecule has 11 heteroatoms. The zero-order chi connectivity index (χ0) is 31.7. The Kier molecular flexibility index (Phi) is 9.21. The second kappa shape index (κ2) is 13.3. The highest BCUT2D eigenvalue weighted by Gasteiger charge is 2.28. The summed E-state index contributed by atoms with van der Waals surface area (Å²) in [5.74, 6) is 0.318. The Bertz CT molecular complexity index is 1630. The third kappa shape index (κ3) is 6.75. The van der Waals surface area contributed by atoms with Crippen molar-refractivity contribution in [2.75, 3.05) is 57.5 Å². The van der Waals surface area contributed by atoms with Crippen LogP contribution >= 0.6 is 0 Å². The number of aliphatic hydroxyl groups excluding tert-OH is 1. The van der Waals surface area contributed by atoms with Gasteiger partial charge in [-0.1, -0.05) is 0 Å². The second-order valence-electron chi connectivity index (χ2n) is 13.1. The van der Waals surface area contributed by atoms with Gasteiger partial charge in [0.25, 0.3) is 5.91 Å². The molecular weight excluding hydrogens is 566 g/mol. The summed E-state index contributed by atoms with van der Waals surface area (Å²) >= 11 is 0. The van der Waals surface area contributed by atoms with Gasteiger partial charge in [-0.25, -0.2) is 4.98 Å². The van der Waals surface area contributed by atoms with Crippen molar-refractivity contribution in [1.29, 1.82) is 0 Å². The van der Waals surface area contributed by atoms with Gasteiger partial charge < -0.3 is 24.4 Å². The van der Waals surface area contributed by atoms with E-state index in [1.54, 1.807) is 23.1 Å². The SMILES string of the molecule is Cc1c(-c2cc(C(=O)Nc3nc4ccc(N5CCC(N(C)CCN(C)C)CC5)cc4n3[C@H]3CC[C@@H](O)CC3)ccn2)cnn1C. The van der Waals surface area contributed by atoms with Crippen molar-refractivity contribution in [3.05, 3.63) is 54.0 Å². The van der Waals surface area contributed by atoms with Crippen LogP contribution in [0.15, 0.2) is 42.7 Å². The van der Waals surface area contributed by atoms with E-state index in [9.17, 15) is 9.90 Å². The molecule has 0 radical (unpaired) electrons. The zero-order valence-corrected chi connectivity index (χ0v) is 27.3. The van der Waals surface area contributed by atoms with Crippen LogP contribution < -0.4 is 10.2 Å². The summed E-state index contributed by atoms with van der Waals surface area (Å²) in [5, 5.41) is 17.7. The Morgan fingerprint density at radius 1 is 1.02 bits per heavy atom. The van der Waals surface area contributed by atoms with Crippen molar-refractivity contribution < 1.29 is 9.90 Å². The minimum absolute atomic E-state index is 0.145. The van der Waals surface area contributed by atoms with E-state index in [2.05, 4.69) is 74.0 Å². The van der Waals surface area contributed by atoms with Crippen LogP contribution in [0.5, 0.6) is 0 Å². The van der Waals surface area contributed by atoms with Gasteiger partial charge in [-0.3, -0.25) is 19.8 Å². The van der Waals surface area contributed by atoms with Crippen molar-refractivity contribution in [2.24, 2.45) is 7.05 Å². The van der Waals surface area contributed by atoms with Crippen molar-refractivity contribution >= 4 is 28.6 Å². The molecule has 1 saturated carbocycles. The Hall–Kier alpha value is -3.80. The largest absolute Gasteiger partial charge is 0.393 e. The molecule has 0 bridgehead atoms. The maximum atomic E-state index is 13.7. The summed E-state index contributed by atoms with van der Waals surface area (Å²) in [7, 11) is 8.40. The van der Waals surface area contributed by atoms with E-state index in [-0.39, 0.29) is 18.1 Å². The fraction of sp³-hybridized carbons (Fsp3) is 0.529. The predicted octanol–water partition coefficient (Wildman–Crippen LogP) is 4.33. The van der Waals surface area contributed by atoms with Gasteiger partial charge in [-0.2, -0.15) is 5.10 Å². The molecule has 4 aromatic rings. The Morgan fingerprint density at radius 3 is 2.47 bits per heavy atom. The molecule has 1 amide bonds. The van der Waals surface area contributed by atoms with E-state index in [4.69, 9.17) is 4.98 Å². The highest BCUT2D eigenvalue weighted by Crippen LogP contribution is 2.36. The normalized spacial score (nSPS) is 19.6. The van der Waals surface area contributed by atoms with Gasteiger partial charge in [-0.05, 0) is 96.9 Å². The lowest BCUT2D eigenvalue weighted by Gasteiger charge is -2.38. The first-order valence-electron chi connectivity index (χ1n) is 16.2. The molecule has 1 aliphatic carbocycles. The lowest BCUT2D eigenvalue weighted by atomic mass is 9.93. The molecule has 2 aliphatic rings. The van der Waals surface area contributed by atoms with Gasteiger partial charge in [-0.15, -0.1) is 0 Å². The molecule has 3 aromatic heterocycles. The average Bonchev–Trinajstić information content (AvgIpc) is 3.58. The maximum absolute atomic E-state index is 13.7. The van der Waals surface area contributed by atoms with E-state index in [1.165, 1.54) is 5.69 Å². The number of amides is 1. The molecule has 240 valence electrons. The number of likely N-dealkylation sites (N-methyl/N-ethyl adjacent to an activating group) is 2. The number of nitrogens with one attached hydrogen (secondary N) is 1. The third-order valence-corrected chi connectivity index (χ3v) is 9.82. The molecule has 0 atom stereocenters. The van der Waals surface area contributed by atoms with Gasteiger partial charge >= 0.3 is 0 Å². The van der Waals surface area contributed by atoms with E-state index in [0.717, 1.165) is 87.0 Å². The molecule has 1 aliphatic heterocycles. The van der Waals surface area contributed by atoms with Crippen molar-refractivity contribution in [1.82, 2.24) is 34.1 Å². The van der Waals surface area contributed by atoms with Gasteiger partial charge in [0, 0.05) is 74.0 Å². The van der Waals surface area contributed by atoms with Crippen LogP contribution in [0.3, 0.4) is 0 Å². The smallest absolute Gasteiger partial charge is 0.258 e. The first kappa shape index (κ1) is 31.2. The molecule has 6 rings (SSSR count). The Labute approximate surface area is 265 Å². The maximum Gasteiger partial charge on any atom is 0.258 e. The lowest BCUT2D eigenvalue weighted by Crippen LogP contribution is -2.45. The molecule has 2 fully saturated rings. The molecule has 45 heavy (non-hydrogen) atoms. The number of anilines is 2. The highest BCUT2D eigenvalue weighted by molar-refractivity contribution is 6.04. The van der Waals surface area contributed by atoms with Crippen LogP contribution in [-0.2, 0) is 7.05 Å². The fourth-order valence-electron chi connectivity index (χ4n) is 6.80. The third-order valence-electron chi connectivity index (χ3n) is 9.82. The minimum Gasteiger partial charge on any atom is -0.393 e. The first-order chi connectivity index (χ1) is 21.7. The molecule has 0 spiro atoms. The summed E-state index contributed by atoms with van der Waals surface area (Å²) < 4.78 is 4.01. The van der Waals surface area contributed by atoms with Crippen LogP contribution in [-0.4, -0.2) is 105 Å². The number of nitrogens with zero attached hydrogens (tertiary/aromatic N) is 8. The van der Waals surface area contributed by atoms with Gasteiger partial charge in [0.1, 0.15) is 0 Å². The highest BCUT2D eigenvalue weighted by atomic mass is 16.3. The standard InChI is InChI=1S/C34H47N9O2/c1-23-29(22-36-41(23)5)31-20-24(12-15-35-31)33(45)38-34-37-30-11-8-27(21-32(30)43(34)26-6-9-28(44)10-7-26)42-16-13-25(14-17-42)40(4)19-18-39(2)3/h8,11-12,15,20-22,25-26,28,44H,6-7,9-10,13-14,16-19H2,1-5H3,(H,37,38,45)/t26-,28+. The lowest BCUT2D eigenvalue weighted by molar-refractivity contribution is 0.102. The van der Waals surface area contributed by atoms with Gasteiger partial charge in [0.15, 0.2) is 0 Å². The van der Waals surface area contributed by atoms with Crippen LogP contribution in [0.25, 0.3) is 22.3 Å². The Morgan fingerprint density at radius 2 is 1.78 bits per heavy atom. The number of hydrogen-bond acceptors (Lipinski definition) is 8. The fourth-order valence-corrected chi connectivity index (χ4v) is 6.80. The van der Waals surface area contributed by atoms with E-state index < -0.39 is 0 Å². The zero-order valence-electron chi connectivity index (χ0n) is 27.3. The van der Waals surface area contributed by atoms with Crippen LogP contribution in [0.1, 0.15) is 60.6 Å². The topological polar surface area (TPSA) is 108 Å². The molecule has 4 heterocycles. The van der Waals surface area contributed by atoms with E-state index in [0.29, 0.717) is 23.2 Å². The number of carbonyl (C=O) groups is 1. The van der Waals surface area contributed by atoms with Crippen molar-refractivity contribution in [3.8, 4) is 11.3 Å². The summed E-state index contributed by atoms with van der Waals surface area (Å²) in [6, 6.07) is 10.8. The van der Waals surface area contributed by atoms with Crippen LogP contribution in [0.4, 0.5) is 11.6 Å². The van der Waals surface area contributed by atoms with Crippen molar-refractivity contribution in [2.45, 2.75) is 63.6 Å². The number of fused-ring (bicyclic) bond motifs is 1. The number of hydrogen-bond donors (Lipinski definition) is 2. The number of benzene rings is 1. The molecule has 1 saturated heterocycles. The Balaban J connectivity index is 1.25. The number of rotatable bonds is 9. The minimum atomic E-state index is -0.270. The number of aliphatic hydroxyl groups is 1. The van der Waals surface area contributed by atoms with E-state index in [1.807, 2.05) is 20.0 Å². The van der Waals surface area contributed by atoms with E-state index >= 15 is 0 Å². The van der Waals surface area contributed by atoms with Gasteiger partial charge in [0.05, 0.1) is 29.0 Å². The van der Waals surface area contributed by atoms with Crippen LogP contribution in [0, 0.1) is 6.92 Å². The second-order valence-corrected chi connectivity index (χ2v) is 13.1. The molecule has 0 unspecified atom stereocenters. The summed E-state index contributed by atoms with van der Waals surface area (Å²) in [6.45, 7) is 6.16. The quantitative estimate of drug-likeness (QED) is 0.287. The monoisotopic (exact) mass is 613 g/mol. The first-order valence-corrected chi connectivity index (χ1v) is 16.2. The predicted molar refractivity (Wildman–Crippen MR) is 179 cm³/mol. The summed E-state index contributed by atoms with van der Waals surface area (Å²) in [4.78, 5) is 30.3. The number of piperidine rings is 1. The number of aryl methyl sites for hydroxylation is 1. The summed E-state index contributed by atoms with van der Waals surface area (Å²) in [6.07, 6.45) is 8.60. The number of pyridine rings is 1. The van der Waals surface area contributed by atoms with Gasteiger partial charge in [0.2, 0.25) is 5.95 Å². The molecule has 11 nitrogen and oxygen atoms in total. The number of carbonyl (C=O) groups excluding carboxylic acids is 1. The number of aromatic nitrogens is 5. The molecule has 1 aromatic carbocycles. The van der Waals surface area contributed by atoms with Crippen molar-refractivity contribution in [3.63, 3.8) is 0 Å². The molecule has 2 N–H and O–H groups in total. The number of imidazole rings is 1. The molecular formula is C34H47N9O2.